The van der Waals surface area contributed by atoms with Crippen molar-refractivity contribution in [1.29, 1.82) is 0 Å². The number of hydrogen-bond donors (Lipinski definition) is 1. The third-order valence-corrected chi connectivity index (χ3v) is 3.93. The average molecular weight is 210 g/mol. The van der Waals surface area contributed by atoms with Crippen LogP contribution in [0, 0.1) is 5.92 Å². The summed E-state index contributed by atoms with van der Waals surface area (Å²) in [6, 6.07) is 0.441. The predicted molar refractivity (Wildman–Crippen MR) is 61.4 cm³/mol. The van der Waals surface area contributed by atoms with Crippen LogP contribution in [0.15, 0.2) is 5.16 Å². The maximum Gasteiger partial charge on any atom is 0.0742 e. The van der Waals surface area contributed by atoms with E-state index in [1.165, 1.54) is 45.2 Å². The van der Waals surface area contributed by atoms with E-state index in [4.69, 9.17) is 5.21 Å². The van der Waals surface area contributed by atoms with E-state index in [2.05, 4.69) is 17.0 Å². The Morgan fingerprint density at radius 3 is 2.60 bits per heavy atom. The normalized spacial score (nSPS) is 33.4. The monoisotopic (exact) mass is 210 g/mol. The highest BCUT2D eigenvalue weighted by atomic mass is 16.4. The maximum absolute atomic E-state index is 9.01. The van der Waals surface area contributed by atoms with Gasteiger partial charge in [0.2, 0.25) is 0 Å². The van der Waals surface area contributed by atoms with Crippen LogP contribution in [0.25, 0.3) is 0 Å². The minimum Gasteiger partial charge on any atom is -0.411 e. The lowest BCUT2D eigenvalue weighted by molar-refractivity contribution is 0.154. The lowest BCUT2D eigenvalue weighted by Crippen LogP contribution is -2.46. The summed E-state index contributed by atoms with van der Waals surface area (Å²) in [5.74, 6) is 0.874. The summed E-state index contributed by atoms with van der Waals surface area (Å²) >= 11 is 0. The number of piperidine rings is 1. The second-order valence-electron chi connectivity index (χ2n) is 5.07. The molecule has 0 aromatic rings. The molecule has 1 saturated carbocycles. The Morgan fingerprint density at radius 1 is 1.20 bits per heavy atom. The van der Waals surface area contributed by atoms with Gasteiger partial charge in [-0.1, -0.05) is 18.5 Å². The number of hydrogen-bond acceptors (Lipinski definition) is 3. The van der Waals surface area contributed by atoms with Crippen LogP contribution in [-0.2, 0) is 0 Å². The summed E-state index contributed by atoms with van der Waals surface area (Å²) in [6.45, 7) is 4.70. The zero-order chi connectivity index (χ0) is 10.7. The first-order chi connectivity index (χ1) is 7.31. The van der Waals surface area contributed by atoms with Gasteiger partial charge in [0, 0.05) is 0 Å². The fourth-order valence-electron chi connectivity index (χ4n) is 2.83. The zero-order valence-corrected chi connectivity index (χ0v) is 9.65. The van der Waals surface area contributed by atoms with Crippen molar-refractivity contribution in [2.75, 3.05) is 13.1 Å². The van der Waals surface area contributed by atoms with E-state index in [0.29, 0.717) is 6.04 Å². The van der Waals surface area contributed by atoms with Crippen LogP contribution in [0.4, 0.5) is 0 Å². The first-order valence-corrected chi connectivity index (χ1v) is 6.26. The fourth-order valence-corrected chi connectivity index (χ4v) is 2.83. The van der Waals surface area contributed by atoms with Crippen molar-refractivity contribution in [1.82, 2.24) is 4.90 Å². The van der Waals surface area contributed by atoms with Gasteiger partial charge in [0.1, 0.15) is 0 Å². The maximum atomic E-state index is 9.01. The molecule has 0 unspecified atom stereocenters. The predicted octanol–water partition coefficient (Wildman–Crippen LogP) is 2.49. The summed E-state index contributed by atoms with van der Waals surface area (Å²) in [5.41, 5.74) is 1.02. The standard InChI is InChI=1S/C12H22N2O/c1-10-6-8-14(9-7-10)12-5-3-2-4-11(12)13-15/h10,12,15H,2-9H2,1H3/b13-11+/t12-/m0/s1. The molecular formula is C12H22N2O. The quantitative estimate of drug-likeness (QED) is 0.533. The third kappa shape index (κ3) is 2.51. The second-order valence-corrected chi connectivity index (χ2v) is 5.07. The average Bonchev–Trinajstić information content (AvgIpc) is 2.30. The molecule has 0 radical (unpaired) electrons. The highest BCUT2D eigenvalue weighted by molar-refractivity contribution is 5.89. The van der Waals surface area contributed by atoms with E-state index in [1.54, 1.807) is 0 Å². The molecule has 2 fully saturated rings. The van der Waals surface area contributed by atoms with Gasteiger partial charge in [0.25, 0.3) is 0 Å². The minimum absolute atomic E-state index is 0.441. The molecule has 0 bridgehead atoms. The van der Waals surface area contributed by atoms with Crippen LogP contribution >= 0.6 is 0 Å². The van der Waals surface area contributed by atoms with E-state index in [-0.39, 0.29) is 0 Å². The number of rotatable bonds is 1. The van der Waals surface area contributed by atoms with Gasteiger partial charge in [-0.15, -0.1) is 0 Å². The molecule has 1 aliphatic carbocycles. The van der Waals surface area contributed by atoms with Gasteiger partial charge in [-0.25, -0.2) is 0 Å². The van der Waals surface area contributed by atoms with Gasteiger partial charge in [0.05, 0.1) is 11.8 Å². The summed E-state index contributed by atoms with van der Waals surface area (Å²) < 4.78 is 0. The Kier molecular flexibility index (Phi) is 3.62. The molecule has 3 heteroatoms. The van der Waals surface area contributed by atoms with E-state index >= 15 is 0 Å². The molecule has 1 heterocycles. The Labute approximate surface area is 92.1 Å². The highest BCUT2D eigenvalue weighted by Crippen LogP contribution is 2.25. The third-order valence-electron chi connectivity index (χ3n) is 3.93. The van der Waals surface area contributed by atoms with Crippen molar-refractivity contribution in [3.05, 3.63) is 0 Å². The SMILES string of the molecule is CC1CCN([C@H]2CCCC/C2=N\O)CC1. The first kappa shape index (κ1) is 10.9. The van der Waals surface area contributed by atoms with E-state index in [1.807, 2.05) is 0 Å². The Balaban J connectivity index is 1.96. The smallest absolute Gasteiger partial charge is 0.0742 e. The van der Waals surface area contributed by atoms with Crippen molar-refractivity contribution < 1.29 is 5.21 Å². The molecule has 0 amide bonds. The van der Waals surface area contributed by atoms with Gasteiger partial charge in [-0.05, 0) is 51.1 Å². The van der Waals surface area contributed by atoms with Crippen molar-refractivity contribution in [3.63, 3.8) is 0 Å². The zero-order valence-electron chi connectivity index (χ0n) is 9.65. The molecule has 15 heavy (non-hydrogen) atoms. The van der Waals surface area contributed by atoms with Gasteiger partial charge >= 0.3 is 0 Å². The summed E-state index contributed by atoms with van der Waals surface area (Å²) in [5, 5.41) is 12.5. The molecule has 1 saturated heterocycles. The van der Waals surface area contributed by atoms with Gasteiger partial charge in [-0.3, -0.25) is 4.90 Å². The topological polar surface area (TPSA) is 35.8 Å². The first-order valence-electron chi connectivity index (χ1n) is 6.26. The van der Waals surface area contributed by atoms with E-state index in [9.17, 15) is 0 Å². The van der Waals surface area contributed by atoms with Crippen molar-refractivity contribution in [2.24, 2.45) is 11.1 Å². The molecule has 0 spiro atoms. The molecule has 2 rings (SSSR count). The van der Waals surface area contributed by atoms with Crippen molar-refractivity contribution in [3.8, 4) is 0 Å². The molecule has 86 valence electrons. The Bertz CT molecular complexity index is 232. The van der Waals surface area contributed by atoms with E-state index in [0.717, 1.165) is 18.1 Å². The number of nitrogens with zero attached hydrogens (tertiary/aromatic N) is 2. The fraction of sp³-hybridized carbons (Fsp3) is 0.917. The molecule has 2 aliphatic rings. The highest BCUT2D eigenvalue weighted by Gasteiger charge is 2.29. The van der Waals surface area contributed by atoms with Crippen LogP contribution < -0.4 is 0 Å². The number of oxime groups is 1. The van der Waals surface area contributed by atoms with Crippen molar-refractivity contribution in [2.45, 2.75) is 51.5 Å². The number of likely N-dealkylation sites (tertiary alicyclic amines) is 1. The summed E-state index contributed by atoms with van der Waals surface area (Å²) in [6.07, 6.45) is 7.27. The molecule has 1 atom stereocenters. The van der Waals surface area contributed by atoms with Crippen LogP contribution in [0.3, 0.4) is 0 Å². The molecule has 0 aromatic heterocycles. The van der Waals surface area contributed by atoms with E-state index < -0.39 is 0 Å². The van der Waals surface area contributed by atoms with Crippen LogP contribution in [0.5, 0.6) is 0 Å². The molecule has 1 N–H and O–H groups in total. The van der Waals surface area contributed by atoms with Gasteiger partial charge < -0.3 is 5.21 Å². The van der Waals surface area contributed by atoms with Crippen LogP contribution in [-0.4, -0.2) is 35.0 Å². The molecule has 1 aliphatic heterocycles. The van der Waals surface area contributed by atoms with Gasteiger partial charge in [0.15, 0.2) is 0 Å². The van der Waals surface area contributed by atoms with Crippen LogP contribution in [0.1, 0.15) is 45.4 Å². The Hall–Kier alpha value is -0.570. The molecule has 0 aromatic carbocycles. The second kappa shape index (κ2) is 4.97. The molecule has 3 nitrogen and oxygen atoms in total. The van der Waals surface area contributed by atoms with Gasteiger partial charge in [-0.2, -0.15) is 0 Å². The van der Waals surface area contributed by atoms with Crippen molar-refractivity contribution >= 4 is 5.71 Å². The minimum atomic E-state index is 0.441. The summed E-state index contributed by atoms with van der Waals surface area (Å²) in [4.78, 5) is 2.52. The largest absolute Gasteiger partial charge is 0.411 e. The Morgan fingerprint density at radius 2 is 1.93 bits per heavy atom. The van der Waals surface area contributed by atoms with Crippen LogP contribution in [0.2, 0.25) is 0 Å². The molecular weight excluding hydrogens is 188 g/mol. The lowest BCUT2D eigenvalue weighted by Gasteiger charge is -2.38. The lowest BCUT2D eigenvalue weighted by atomic mass is 9.89. The summed E-state index contributed by atoms with van der Waals surface area (Å²) in [7, 11) is 0.